The van der Waals surface area contributed by atoms with Crippen molar-refractivity contribution in [1.82, 2.24) is 9.97 Å². The zero-order valence-electron chi connectivity index (χ0n) is 10.7. The van der Waals surface area contributed by atoms with Crippen LogP contribution in [0.25, 0.3) is 0 Å². The zero-order valence-corrected chi connectivity index (χ0v) is 11.4. The van der Waals surface area contributed by atoms with Crippen molar-refractivity contribution in [2.75, 3.05) is 38.8 Å². The molecule has 0 aliphatic carbocycles. The summed E-state index contributed by atoms with van der Waals surface area (Å²) in [7, 11) is 1.58. The van der Waals surface area contributed by atoms with Gasteiger partial charge in [0, 0.05) is 13.7 Å². The molecule has 1 aromatic heterocycles. The highest BCUT2D eigenvalue weighted by Crippen LogP contribution is 2.26. The van der Waals surface area contributed by atoms with Gasteiger partial charge in [-0.25, -0.2) is 4.98 Å². The number of nitrogens with zero attached hydrogens (tertiary/aromatic N) is 3. The predicted molar refractivity (Wildman–Crippen MR) is 69.6 cm³/mol. The van der Waals surface area contributed by atoms with Crippen LogP contribution >= 0.6 is 11.6 Å². The first-order valence-electron chi connectivity index (χ1n) is 5.55. The van der Waals surface area contributed by atoms with E-state index in [-0.39, 0.29) is 22.5 Å². The number of ether oxygens (including phenoxy) is 2. The molecule has 0 saturated carbocycles. The molecule has 0 bridgehead atoms. The first-order valence-corrected chi connectivity index (χ1v) is 5.93. The summed E-state index contributed by atoms with van der Waals surface area (Å²) in [6.07, 6.45) is 0. The second kappa shape index (κ2) is 7.82. The Hall–Kier alpha value is -1.51. The van der Waals surface area contributed by atoms with E-state index >= 15 is 0 Å². The van der Waals surface area contributed by atoms with E-state index in [1.165, 1.54) is 6.92 Å². The lowest BCUT2D eigenvalue weighted by molar-refractivity contribution is -0.385. The molecular weight excluding hydrogens is 276 g/mol. The van der Waals surface area contributed by atoms with Gasteiger partial charge < -0.3 is 14.8 Å². The van der Waals surface area contributed by atoms with Crippen LogP contribution in [0.15, 0.2) is 0 Å². The number of rotatable bonds is 8. The summed E-state index contributed by atoms with van der Waals surface area (Å²) in [5, 5.41) is 13.7. The quantitative estimate of drug-likeness (QED) is 0.334. The van der Waals surface area contributed by atoms with Crippen molar-refractivity contribution in [3.05, 3.63) is 21.1 Å². The summed E-state index contributed by atoms with van der Waals surface area (Å²) >= 11 is 5.68. The Balaban J connectivity index is 2.59. The molecule has 0 aromatic carbocycles. The highest BCUT2D eigenvalue weighted by Gasteiger charge is 2.21. The van der Waals surface area contributed by atoms with E-state index in [4.69, 9.17) is 21.1 Å². The van der Waals surface area contributed by atoms with Gasteiger partial charge in [0.15, 0.2) is 0 Å². The van der Waals surface area contributed by atoms with Crippen LogP contribution in [0.3, 0.4) is 0 Å². The fourth-order valence-corrected chi connectivity index (χ4v) is 1.57. The average molecular weight is 291 g/mol. The summed E-state index contributed by atoms with van der Waals surface area (Å²) < 4.78 is 10.0. The van der Waals surface area contributed by atoms with Crippen LogP contribution < -0.4 is 5.32 Å². The number of methoxy groups -OCH3 is 1. The Morgan fingerprint density at radius 1 is 1.37 bits per heavy atom. The maximum Gasteiger partial charge on any atom is 0.332 e. The van der Waals surface area contributed by atoms with Crippen LogP contribution in [-0.2, 0) is 9.47 Å². The minimum atomic E-state index is -0.542. The van der Waals surface area contributed by atoms with E-state index in [1.807, 2.05) is 0 Å². The van der Waals surface area contributed by atoms with Gasteiger partial charge in [-0.15, -0.1) is 0 Å². The number of nitro groups is 1. The van der Waals surface area contributed by atoms with E-state index in [1.54, 1.807) is 7.11 Å². The standard InChI is InChI=1S/C10H15ClN4O4/c1-7-8(15(16)17)9(14-10(11)13-7)12-3-4-19-6-5-18-2/h3-6H2,1-2H3,(H,12,13,14). The van der Waals surface area contributed by atoms with E-state index < -0.39 is 4.92 Å². The maximum absolute atomic E-state index is 10.9. The summed E-state index contributed by atoms with van der Waals surface area (Å²) in [6, 6.07) is 0. The van der Waals surface area contributed by atoms with Gasteiger partial charge in [-0.05, 0) is 18.5 Å². The molecule has 0 fully saturated rings. The third-order valence-electron chi connectivity index (χ3n) is 2.18. The number of aromatic nitrogens is 2. The Morgan fingerprint density at radius 2 is 2.11 bits per heavy atom. The van der Waals surface area contributed by atoms with Gasteiger partial charge in [0.1, 0.15) is 5.69 Å². The van der Waals surface area contributed by atoms with Crippen molar-refractivity contribution in [3.8, 4) is 0 Å². The van der Waals surface area contributed by atoms with Crippen molar-refractivity contribution in [2.24, 2.45) is 0 Å². The largest absolute Gasteiger partial charge is 0.382 e. The van der Waals surface area contributed by atoms with Gasteiger partial charge in [-0.1, -0.05) is 0 Å². The highest BCUT2D eigenvalue weighted by molar-refractivity contribution is 6.28. The fraction of sp³-hybridized carbons (Fsp3) is 0.600. The minimum Gasteiger partial charge on any atom is -0.382 e. The number of anilines is 1. The van der Waals surface area contributed by atoms with Crippen molar-refractivity contribution >= 4 is 23.1 Å². The third kappa shape index (κ3) is 4.93. The van der Waals surface area contributed by atoms with Gasteiger partial charge in [-0.3, -0.25) is 10.1 Å². The predicted octanol–water partition coefficient (Wildman–Crippen LogP) is 1.42. The monoisotopic (exact) mass is 290 g/mol. The van der Waals surface area contributed by atoms with Crippen LogP contribution in [0.1, 0.15) is 5.69 Å². The molecule has 1 N–H and O–H groups in total. The second-order valence-electron chi connectivity index (χ2n) is 3.56. The summed E-state index contributed by atoms with van der Waals surface area (Å²) in [5.41, 5.74) is 0.0362. The van der Waals surface area contributed by atoms with E-state index in [0.29, 0.717) is 26.4 Å². The first-order chi connectivity index (χ1) is 9.06. The molecule has 0 aliphatic rings. The van der Waals surface area contributed by atoms with E-state index in [2.05, 4.69) is 15.3 Å². The Bertz CT molecular complexity index is 444. The van der Waals surface area contributed by atoms with E-state index in [0.717, 1.165) is 0 Å². The summed E-state index contributed by atoms with van der Waals surface area (Å²) in [4.78, 5) is 17.9. The van der Waals surface area contributed by atoms with Gasteiger partial charge in [-0.2, -0.15) is 4.98 Å². The molecule has 0 atom stereocenters. The van der Waals surface area contributed by atoms with Gasteiger partial charge in [0.05, 0.1) is 24.7 Å². The van der Waals surface area contributed by atoms with Crippen molar-refractivity contribution in [3.63, 3.8) is 0 Å². The molecule has 1 rings (SSSR count). The minimum absolute atomic E-state index is 0.0362. The maximum atomic E-state index is 10.9. The third-order valence-corrected chi connectivity index (χ3v) is 2.35. The zero-order chi connectivity index (χ0) is 14.3. The van der Waals surface area contributed by atoms with Crippen LogP contribution in [0.4, 0.5) is 11.5 Å². The average Bonchev–Trinajstić information content (AvgIpc) is 2.32. The fourth-order valence-electron chi connectivity index (χ4n) is 1.36. The Labute approximate surface area is 115 Å². The van der Waals surface area contributed by atoms with Gasteiger partial charge in [0.25, 0.3) is 0 Å². The molecule has 106 valence electrons. The van der Waals surface area contributed by atoms with Gasteiger partial charge >= 0.3 is 5.69 Å². The number of aryl methyl sites for hydroxylation is 1. The lowest BCUT2D eigenvalue weighted by atomic mass is 10.3. The number of hydrogen-bond acceptors (Lipinski definition) is 7. The molecule has 19 heavy (non-hydrogen) atoms. The smallest absolute Gasteiger partial charge is 0.332 e. The van der Waals surface area contributed by atoms with Crippen LogP contribution in [0.2, 0.25) is 5.28 Å². The molecule has 0 saturated heterocycles. The lowest BCUT2D eigenvalue weighted by Crippen LogP contribution is -2.14. The van der Waals surface area contributed by atoms with Crippen LogP contribution in [0, 0.1) is 17.0 Å². The molecule has 0 aliphatic heterocycles. The molecule has 0 spiro atoms. The highest BCUT2D eigenvalue weighted by atomic mass is 35.5. The van der Waals surface area contributed by atoms with Crippen molar-refractivity contribution < 1.29 is 14.4 Å². The second-order valence-corrected chi connectivity index (χ2v) is 3.90. The van der Waals surface area contributed by atoms with Gasteiger partial charge in [0.2, 0.25) is 11.1 Å². The SMILES string of the molecule is COCCOCCNc1nc(Cl)nc(C)c1[N+](=O)[O-]. The normalized spacial score (nSPS) is 10.5. The number of hydrogen-bond donors (Lipinski definition) is 1. The summed E-state index contributed by atoms with van der Waals surface area (Å²) in [6.45, 7) is 3.22. The molecule has 1 heterocycles. The van der Waals surface area contributed by atoms with Crippen LogP contribution in [-0.4, -0.2) is 48.4 Å². The Kier molecular flexibility index (Phi) is 6.40. The lowest BCUT2D eigenvalue weighted by Gasteiger charge is -2.08. The topological polar surface area (TPSA) is 99.4 Å². The first kappa shape index (κ1) is 15.5. The van der Waals surface area contributed by atoms with Crippen molar-refractivity contribution in [2.45, 2.75) is 6.92 Å². The molecule has 0 radical (unpaired) electrons. The molecule has 8 nitrogen and oxygen atoms in total. The molecular formula is C10H15ClN4O4. The number of halogens is 1. The summed E-state index contributed by atoms with van der Waals surface area (Å²) in [5.74, 6) is 0.0952. The van der Waals surface area contributed by atoms with E-state index in [9.17, 15) is 10.1 Å². The molecule has 0 unspecified atom stereocenters. The molecule has 0 amide bonds. The van der Waals surface area contributed by atoms with Crippen LogP contribution in [0.5, 0.6) is 0 Å². The Morgan fingerprint density at radius 3 is 2.74 bits per heavy atom. The number of nitrogens with one attached hydrogen (secondary N) is 1. The van der Waals surface area contributed by atoms with Crippen molar-refractivity contribution in [1.29, 1.82) is 0 Å². The molecule has 1 aromatic rings. The molecule has 9 heteroatoms.